The van der Waals surface area contributed by atoms with Crippen molar-refractivity contribution >= 4 is 17.7 Å². The number of piperidine rings is 1. The SMILES string of the molecule is Cc1nc2n(n1)C(=O)C(C(c1ccc(C(C)C)cc1)N1CCC(O)CC1)S2. The van der Waals surface area contributed by atoms with Gasteiger partial charge in [0.05, 0.1) is 12.1 Å². The quantitative estimate of drug-likeness (QED) is 0.871. The molecule has 1 aromatic carbocycles. The molecule has 7 heteroatoms. The third kappa shape index (κ3) is 3.56. The number of aliphatic hydroxyl groups excluding tert-OH is 1. The average molecular weight is 387 g/mol. The molecule has 1 N–H and O–H groups in total. The molecule has 0 aliphatic carbocycles. The Bertz CT molecular complexity index is 825. The summed E-state index contributed by atoms with van der Waals surface area (Å²) in [6, 6.07) is 8.59. The van der Waals surface area contributed by atoms with Crippen molar-refractivity contribution in [1.82, 2.24) is 19.7 Å². The number of aryl methyl sites for hydroxylation is 1. The summed E-state index contributed by atoms with van der Waals surface area (Å²) in [5, 5.41) is 14.6. The smallest absolute Gasteiger partial charge is 0.264 e. The van der Waals surface area contributed by atoms with E-state index in [4.69, 9.17) is 0 Å². The molecule has 4 rings (SSSR count). The average Bonchev–Trinajstić information content (AvgIpc) is 3.15. The lowest BCUT2D eigenvalue weighted by molar-refractivity contribution is 0.0551. The largest absolute Gasteiger partial charge is 0.393 e. The Hall–Kier alpha value is -1.70. The highest BCUT2D eigenvalue weighted by atomic mass is 32.2. The number of carbonyl (C=O) groups excluding carboxylic acids is 1. The normalized spacial score (nSPS) is 22.4. The first-order valence-electron chi connectivity index (χ1n) is 9.60. The monoisotopic (exact) mass is 386 g/mol. The number of aromatic nitrogens is 3. The Labute approximate surface area is 164 Å². The van der Waals surface area contributed by atoms with Crippen LogP contribution in [-0.4, -0.2) is 55.1 Å². The van der Waals surface area contributed by atoms with Crippen LogP contribution in [0.1, 0.15) is 60.4 Å². The molecule has 0 bridgehead atoms. The number of hydrogen-bond donors (Lipinski definition) is 1. The number of rotatable bonds is 4. The third-order valence-corrected chi connectivity index (χ3v) is 6.68. The number of carbonyl (C=O) groups is 1. The van der Waals surface area contributed by atoms with Gasteiger partial charge in [0.15, 0.2) is 5.16 Å². The molecule has 2 aliphatic rings. The lowest BCUT2D eigenvalue weighted by Crippen LogP contribution is -2.44. The van der Waals surface area contributed by atoms with Crippen LogP contribution in [0.4, 0.5) is 0 Å². The zero-order valence-corrected chi connectivity index (χ0v) is 16.8. The van der Waals surface area contributed by atoms with Crippen LogP contribution in [0.15, 0.2) is 29.4 Å². The van der Waals surface area contributed by atoms with Gasteiger partial charge in [-0.3, -0.25) is 9.69 Å². The van der Waals surface area contributed by atoms with Gasteiger partial charge in [-0.2, -0.15) is 4.68 Å². The van der Waals surface area contributed by atoms with Gasteiger partial charge in [-0.1, -0.05) is 49.9 Å². The lowest BCUT2D eigenvalue weighted by Gasteiger charge is -2.38. The van der Waals surface area contributed by atoms with Crippen LogP contribution in [0.3, 0.4) is 0 Å². The summed E-state index contributed by atoms with van der Waals surface area (Å²) in [6.07, 6.45) is 1.25. The number of thioether (sulfide) groups is 1. The second kappa shape index (κ2) is 7.37. The summed E-state index contributed by atoms with van der Waals surface area (Å²) >= 11 is 1.51. The minimum Gasteiger partial charge on any atom is -0.393 e. The molecule has 6 nitrogen and oxygen atoms in total. The van der Waals surface area contributed by atoms with E-state index in [0.29, 0.717) is 16.9 Å². The maximum absolute atomic E-state index is 13.1. The Morgan fingerprint density at radius 2 is 1.78 bits per heavy atom. The topological polar surface area (TPSA) is 71.2 Å². The molecule has 2 aliphatic heterocycles. The molecule has 1 aromatic heterocycles. The van der Waals surface area contributed by atoms with Crippen molar-refractivity contribution in [3.05, 3.63) is 41.2 Å². The van der Waals surface area contributed by atoms with Gasteiger partial charge >= 0.3 is 0 Å². The number of hydrogen-bond acceptors (Lipinski definition) is 6. The van der Waals surface area contributed by atoms with E-state index in [1.165, 1.54) is 22.0 Å². The van der Waals surface area contributed by atoms with E-state index in [-0.39, 0.29) is 23.3 Å². The van der Waals surface area contributed by atoms with Gasteiger partial charge in [-0.15, -0.1) is 5.10 Å². The second-order valence-electron chi connectivity index (χ2n) is 7.76. The first kappa shape index (κ1) is 18.7. The first-order valence-corrected chi connectivity index (χ1v) is 10.5. The van der Waals surface area contributed by atoms with Crippen molar-refractivity contribution in [2.24, 2.45) is 0 Å². The van der Waals surface area contributed by atoms with Crippen molar-refractivity contribution in [2.45, 2.75) is 62.1 Å². The van der Waals surface area contributed by atoms with Crippen LogP contribution in [0, 0.1) is 6.92 Å². The van der Waals surface area contributed by atoms with Crippen LogP contribution in [0.25, 0.3) is 0 Å². The minimum atomic E-state index is -0.263. The van der Waals surface area contributed by atoms with Gasteiger partial charge in [0.1, 0.15) is 11.1 Å². The Morgan fingerprint density at radius 1 is 1.15 bits per heavy atom. The molecule has 27 heavy (non-hydrogen) atoms. The molecule has 1 fully saturated rings. The molecule has 144 valence electrons. The van der Waals surface area contributed by atoms with E-state index in [0.717, 1.165) is 31.5 Å². The number of benzene rings is 1. The summed E-state index contributed by atoms with van der Waals surface area (Å²) in [6.45, 7) is 7.75. The molecule has 0 radical (unpaired) electrons. The molecular weight excluding hydrogens is 360 g/mol. The fourth-order valence-electron chi connectivity index (χ4n) is 3.92. The Morgan fingerprint density at radius 3 is 2.37 bits per heavy atom. The summed E-state index contributed by atoms with van der Waals surface area (Å²) < 4.78 is 1.46. The van der Waals surface area contributed by atoms with E-state index >= 15 is 0 Å². The van der Waals surface area contributed by atoms with Gasteiger partial charge in [-0.05, 0) is 36.8 Å². The maximum Gasteiger partial charge on any atom is 0.264 e. The van der Waals surface area contributed by atoms with Gasteiger partial charge < -0.3 is 5.11 Å². The minimum absolute atomic E-state index is 0.000317. The molecule has 2 unspecified atom stereocenters. The van der Waals surface area contributed by atoms with Crippen molar-refractivity contribution in [1.29, 1.82) is 0 Å². The summed E-state index contributed by atoms with van der Waals surface area (Å²) in [4.78, 5) is 19.8. The van der Waals surface area contributed by atoms with Gasteiger partial charge in [0, 0.05) is 13.1 Å². The maximum atomic E-state index is 13.1. The number of fused-ring (bicyclic) bond motifs is 1. The fourth-order valence-corrected chi connectivity index (χ4v) is 5.22. The number of nitrogens with zero attached hydrogens (tertiary/aromatic N) is 4. The highest BCUT2D eigenvalue weighted by Gasteiger charge is 2.43. The Balaban J connectivity index is 1.66. The zero-order valence-electron chi connectivity index (χ0n) is 16.0. The molecule has 2 atom stereocenters. The number of likely N-dealkylation sites (tertiary alicyclic amines) is 1. The predicted molar refractivity (Wildman–Crippen MR) is 105 cm³/mol. The van der Waals surface area contributed by atoms with E-state index in [2.05, 4.69) is 53.1 Å². The lowest BCUT2D eigenvalue weighted by atomic mass is 9.94. The van der Waals surface area contributed by atoms with Crippen molar-refractivity contribution < 1.29 is 9.90 Å². The molecule has 0 saturated carbocycles. The van der Waals surface area contributed by atoms with Crippen LogP contribution in [-0.2, 0) is 0 Å². The van der Waals surface area contributed by atoms with Crippen LogP contribution in [0.5, 0.6) is 0 Å². The summed E-state index contributed by atoms with van der Waals surface area (Å²) in [7, 11) is 0. The van der Waals surface area contributed by atoms with Crippen LogP contribution >= 0.6 is 11.8 Å². The molecule has 0 amide bonds. The zero-order chi connectivity index (χ0) is 19.1. The summed E-state index contributed by atoms with van der Waals surface area (Å²) in [5.41, 5.74) is 2.44. The molecule has 0 spiro atoms. The van der Waals surface area contributed by atoms with Crippen molar-refractivity contribution in [2.75, 3.05) is 13.1 Å². The molecule has 3 heterocycles. The van der Waals surface area contributed by atoms with Crippen LogP contribution < -0.4 is 0 Å². The van der Waals surface area contributed by atoms with Gasteiger partial charge in [0.25, 0.3) is 5.91 Å². The molecule has 1 saturated heterocycles. The standard InChI is InChI=1S/C20H26N4O2S/c1-12(2)14-4-6-15(7-5-14)17(23-10-8-16(25)9-11-23)18-19(26)24-20(27-18)21-13(3)22-24/h4-7,12,16-18,25H,8-11H2,1-3H3. The van der Waals surface area contributed by atoms with Gasteiger partial charge in [-0.25, -0.2) is 4.98 Å². The second-order valence-corrected chi connectivity index (χ2v) is 8.87. The van der Waals surface area contributed by atoms with Crippen molar-refractivity contribution in [3.63, 3.8) is 0 Å². The van der Waals surface area contributed by atoms with Gasteiger partial charge in [0.2, 0.25) is 0 Å². The first-order chi connectivity index (χ1) is 12.9. The van der Waals surface area contributed by atoms with E-state index < -0.39 is 0 Å². The molecular formula is C20H26N4O2S. The van der Waals surface area contributed by atoms with E-state index in [1.54, 1.807) is 0 Å². The molecule has 2 aromatic rings. The summed E-state index contributed by atoms with van der Waals surface area (Å²) in [5.74, 6) is 1.10. The van der Waals surface area contributed by atoms with Crippen LogP contribution in [0.2, 0.25) is 0 Å². The fraction of sp³-hybridized carbons (Fsp3) is 0.550. The third-order valence-electron chi connectivity index (χ3n) is 5.49. The Kier molecular flexibility index (Phi) is 5.09. The van der Waals surface area contributed by atoms with E-state index in [9.17, 15) is 9.90 Å². The highest BCUT2D eigenvalue weighted by Crippen LogP contribution is 2.41. The predicted octanol–water partition coefficient (Wildman–Crippen LogP) is 3.02. The van der Waals surface area contributed by atoms with Crippen molar-refractivity contribution in [3.8, 4) is 0 Å². The van der Waals surface area contributed by atoms with E-state index in [1.807, 2.05) is 6.92 Å². The number of aliphatic hydroxyl groups is 1. The highest BCUT2D eigenvalue weighted by molar-refractivity contribution is 8.00.